The smallest absolute Gasteiger partial charge is 0.259 e. The molecule has 2 aromatic carbocycles. The zero-order chi connectivity index (χ0) is 18.7. The second-order valence-electron chi connectivity index (χ2n) is 6.01. The van der Waals surface area contributed by atoms with Gasteiger partial charge in [0.15, 0.2) is 0 Å². The SMILES string of the molecule is Cc1ccc(NC(=O)c2ccccc2OCc2c(C)noc2C)cc1Cl. The quantitative estimate of drug-likeness (QED) is 0.679. The van der Waals surface area contributed by atoms with E-state index in [0.29, 0.717) is 27.8 Å². The third-order valence-electron chi connectivity index (χ3n) is 4.11. The van der Waals surface area contributed by atoms with E-state index in [2.05, 4.69) is 10.5 Å². The van der Waals surface area contributed by atoms with E-state index in [0.717, 1.165) is 16.8 Å². The molecule has 5 nitrogen and oxygen atoms in total. The number of hydrogen-bond acceptors (Lipinski definition) is 4. The molecule has 0 aliphatic rings. The molecule has 1 N–H and O–H groups in total. The molecule has 3 aromatic rings. The maximum absolute atomic E-state index is 12.7. The predicted octanol–water partition coefficient (Wildman–Crippen LogP) is 5.08. The molecule has 134 valence electrons. The fourth-order valence-corrected chi connectivity index (χ4v) is 2.69. The number of aryl methyl sites for hydroxylation is 3. The van der Waals surface area contributed by atoms with Crippen molar-refractivity contribution < 1.29 is 14.1 Å². The summed E-state index contributed by atoms with van der Waals surface area (Å²) >= 11 is 6.12. The summed E-state index contributed by atoms with van der Waals surface area (Å²) in [7, 11) is 0. The molecule has 1 heterocycles. The number of para-hydroxylation sites is 1. The van der Waals surface area contributed by atoms with Crippen molar-refractivity contribution in [3.05, 3.63) is 75.6 Å². The van der Waals surface area contributed by atoms with Gasteiger partial charge in [0.05, 0.1) is 16.8 Å². The van der Waals surface area contributed by atoms with Crippen LogP contribution in [0.1, 0.15) is 32.9 Å². The predicted molar refractivity (Wildman–Crippen MR) is 101 cm³/mol. The lowest BCUT2D eigenvalue weighted by atomic mass is 10.1. The summed E-state index contributed by atoms with van der Waals surface area (Å²) in [6.07, 6.45) is 0. The monoisotopic (exact) mass is 370 g/mol. The Kier molecular flexibility index (Phi) is 5.28. The molecule has 0 bridgehead atoms. The number of ether oxygens (including phenoxy) is 1. The fraction of sp³-hybridized carbons (Fsp3) is 0.200. The van der Waals surface area contributed by atoms with Gasteiger partial charge in [0.2, 0.25) is 0 Å². The molecule has 0 unspecified atom stereocenters. The van der Waals surface area contributed by atoms with Crippen LogP contribution in [0.3, 0.4) is 0 Å². The van der Waals surface area contributed by atoms with E-state index in [1.54, 1.807) is 24.3 Å². The summed E-state index contributed by atoms with van der Waals surface area (Å²) in [5.41, 5.74) is 3.68. The Morgan fingerprint density at radius 2 is 1.96 bits per heavy atom. The Bertz CT molecular complexity index is 930. The van der Waals surface area contributed by atoms with Crippen molar-refractivity contribution in [2.75, 3.05) is 5.32 Å². The van der Waals surface area contributed by atoms with Crippen molar-refractivity contribution in [2.45, 2.75) is 27.4 Å². The summed E-state index contributed by atoms with van der Waals surface area (Å²) in [4.78, 5) is 12.7. The highest BCUT2D eigenvalue weighted by Crippen LogP contribution is 2.24. The average molecular weight is 371 g/mol. The van der Waals surface area contributed by atoms with Gasteiger partial charge in [-0.1, -0.05) is 35.0 Å². The van der Waals surface area contributed by atoms with Gasteiger partial charge >= 0.3 is 0 Å². The molecular formula is C20H19ClN2O3. The summed E-state index contributed by atoms with van der Waals surface area (Å²) in [6, 6.07) is 12.5. The zero-order valence-corrected chi connectivity index (χ0v) is 15.6. The first kappa shape index (κ1) is 18.0. The number of benzene rings is 2. The number of amides is 1. The standard InChI is InChI=1S/C20H19ClN2O3/c1-12-8-9-15(10-18(12)21)22-20(24)16-6-4-5-7-19(16)25-11-17-13(2)23-26-14(17)3/h4-10H,11H2,1-3H3,(H,22,24). The zero-order valence-electron chi connectivity index (χ0n) is 14.8. The number of rotatable bonds is 5. The number of nitrogens with zero attached hydrogens (tertiary/aromatic N) is 1. The number of anilines is 1. The first-order valence-electron chi connectivity index (χ1n) is 8.17. The van der Waals surface area contributed by atoms with Crippen LogP contribution in [0.5, 0.6) is 5.75 Å². The minimum Gasteiger partial charge on any atom is -0.488 e. The number of carbonyl (C=O) groups is 1. The van der Waals surface area contributed by atoms with Gasteiger partial charge in [0, 0.05) is 10.7 Å². The van der Waals surface area contributed by atoms with Gasteiger partial charge < -0.3 is 14.6 Å². The lowest BCUT2D eigenvalue weighted by molar-refractivity contribution is 0.102. The van der Waals surface area contributed by atoms with Crippen LogP contribution in [0.4, 0.5) is 5.69 Å². The minimum atomic E-state index is -0.265. The van der Waals surface area contributed by atoms with Crippen molar-refractivity contribution in [2.24, 2.45) is 0 Å². The Labute approximate surface area is 156 Å². The lowest BCUT2D eigenvalue weighted by Crippen LogP contribution is -2.13. The number of halogens is 1. The second-order valence-corrected chi connectivity index (χ2v) is 6.41. The summed E-state index contributed by atoms with van der Waals surface area (Å²) < 4.78 is 11.0. The molecule has 0 saturated carbocycles. The highest BCUT2D eigenvalue weighted by molar-refractivity contribution is 6.31. The van der Waals surface area contributed by atoms with Crippen LogP contribution < -0.4 is 10.1 Å². The molecule has 3 rings (SSSR count). The summed E-state index contributed by atoms with van der Waals surface area (Å²) in [5.74, 6) is 0.932. The average Bonchev–Trinajstić information content (AvgIpc) is 2.94. The molecular weight excluding hydrogens is 352 g/mol. The third kappa shape index (κ3) is 3.89. The van der Waals surface area contributed by atoms with E-state index in [1.165, 1.54) is 0 Å². The van der Waals surface area contributed by atoms with Crippen molar-refractivity contribution in [3.63, 3.8) is 0 Å². The molecule has 0 radical (unpaired) electrons. The maximum Gasteiger partial charge on any atom is 0.259 e. The van der Waals surface area contributed by atoms with Gasteiger partial charge in [-0.05, 0) is 50.6 Å². The first-order valence-corrected chi connectivity index (χ1v) is 8.54. The Balaban J connectivity index is 1.77. The van der Waals surface area contributed by atoms with E-state index in [-0.39, 0.29) is 12.5 Å². The van der Waals surface area contributed by atoms with Crippen molar-refractivity contribution >= 4 is 23.2 Å². The van der Waals surface area contributed by atoms with Crippen LogP contribution in [0, 0.1) is 20.8 Å². The highest BCUT2D eigenvalue weighted by atomic mass is 35.5. The molecule has 0 atom stereocenters. The molecule has 0 fully saturated rings. The Morgan fingerprint density at radius 3 is 2.65 bits per heavy atom. The second kappa shape index (κ2) is 7.62. The Hall–Kier alpha value is -2.79. The lowest BCUT2D eigenvalue weighted by Gasteiger charge is -2.12. The van der Waals surface area contributed by atoms with E-state index >= 15 is 0 Å². The van der Waals surface area contributed by atoms with Gasteiger partial charge in [-0.3, -0.25) is 4.79 Å². The van der Waals surface area contributed by atoms with Crippen LogP contribution in [-0.4, -0.2) is 11.1 Å². The van der Waals surface area contributed by atoms with Gasteiger partial charge in [-0.25, -0.2) is 0 Å². The fourth-order valence-electron chi connectivity index (χ4n) is 2.51. The molecule has 0 saturated heterocycles. The number of carbonyl (C=O) groups excluding carboxylic acids is 1. The van der Waals surface area contributed by atoms with E-state index in [1.807, 2.05) is 39.0 Å². The number of hydrogen-bond donors (Lipinski definition) is 1. The van der Waals surface area contributed by atoms with Crippen LogP contribution in [-0.2, 0) is 6.61 Å². The van der Waals surface area contributed by atoms with Gasteiger partial charge in [0.1, 0.15) is 18.1 Å². The molecule has 0 aliphatic heterocycles. The van der Waals surface area contributed by atoms with Crippen LogP contribution in [0.25, 0.3) is 0 Å². The van der Waals surface area contributed by atoms with Gasteiger partial charge in [-0.2, -0.15) is 0 Å². The molecule has 1 aromatic heterocycles. The summed E-state index contributed by atoms with van der Waals surface area (Å²) in [6.45, 7) is 5.88. The molecule has 0 aliphatic carbocycles. The Morgan fingerprint density at radius 1 is 1.19 bits per heavy atom. The van der Waals surface area contributed by atoms with E-state index in [4.69, 9.17) is 20.9 Å². The van der Waals surface area contributed by atoms with Crippen LogP contribution in [0.15, 0.2) is 47.0 Å². The first-order chi connectivity index (χ1) is 12.5. The maximum atomic E-state index is 12.7. The van der Waals surface area contributed by atoms with E-state index in [9.17, 15) is 4.79 Å². The molecule has 0 spiro atoms. The van der Waals surface area contributed by atoms with Crippen molar-refractivity contribution in [1.29, 1.82) is 0 Å². The van der Waals surface area contributed by atoms with Gasteiger partial charge in [-0.15, -0.1) is 0 Å². The third-order valence-corrected chi connectivity index (χ3v) is 4.52. The normalized spacial score (nSPS) is 10.6. The largest absolute Gasteiger partial charge is 0.488 e. The molecule has 6 heteroatoms. The van der Waals surface area contributed by atoms with Crippen molar-refractivity contribution in [3.8, 4) is 5.75 Å². The van der Waals surface area contributed by atoms with Crippen LogP contribution >= 0.6 is 11.6 Å². The van der Waals surface area contributed by atoms with Gasteiger partial charge in [0.25, 0.3) is 5.91 Å². The number of nitrogens with one attached hydrogen (secondary N) is 1. The molecule has 1 amide bonds. The number of aromatic nitrogens is 1. The topological polar surface area (TPSA) is 64.4 Å². The van der Waals surface area contributed by atoms with E-state index < -0.39 is 0 Å². The van der Waals surface area contributed by atoms with Crippen LogP contribution in [0.2, 0.25) is 5.02 Å². The molecule has 26 heavy (non-hydrogen) atoms. The highest BCUT2D eigenvalue weighted by Gasteiger charge is 2.15. The summed E-state index contributed by atoms with van der Waals surface area (Å²) in [5, 5.41) is 7.36. The minimum absolute atomic E-state index is 0.265. The van der Waals surface area contributed by atoms with Crippen molar-refractivity contribution in [1.82, 2.24) is 5.16 Å².